The minimum absolute atomic E-state index is 0.0273. The van der Waals surface area contributed by atoms with Crippen LogP contribution >= 0.6 is 11.8 Å². The molecule has 5 heterocycles. The summed E-state index contributed by atoms with van der Waals surface area (Å²) in [6.07, 6.45) is 3.63. The molecule has 0 saturated heterocycles. The molecule has 0 spiro atoms. The molecular formula is C29H29N5O5S2. The summed E-state index contributed by atoms with van der Waals surface area (Å²) < 4.78 is 30.3. The highest BCUT2D eigenvalue weighted by Gasteiger charge is 2.32. The van der Waals surface area contributed by atoms with Crippen molar-refractivity contribution in [3.05, 3.63) is 85.7 Å². The lowest BCUT2D eigenvalue weighted by molar-refractivity contribution is -0.121. The Bertz CT molecular complexity index is 1940. The van der Waals surface area contributed by atoms with Crippen LogP contribution in [0, 0.1) is 6.92 Å². The fourth-order valence-electron chi connectivity index (χ4n) is 5.44. The summed E-state index contributed by atoms with van der Waals surface area (Å²) in [7, 11) is -3.78. The minimum atomic E-state index is -3.78. The van der Waals surface area contributed by atoms with E-state index in [1.54, 1.807) is 42.1 Å². The predicted molar refractivity (Wildman–Crippen MR) is 158 cm³/mol. The van der Waals surface area contributed by atoms with Crippen LogP contribution in [0.5, 0.6) is 0 Å². The Balaban J connectivity index is 1.13. The molecule has 0 saturated carbocycles. The van der Waals surface area contributed by atoms with Gasteiger partial charge in [-0.15, -0.1) is 0 Å². The molecule has 3 aromatic heterocycles. The number of carbonyl (C=O) groups excluding carboxylic acids is 1. The van der Waals surface area contributed by atoms with E-state index in [1.807, 2.05) is 25.1 Å². The van der Waals surface area contributed by atoms with Gasteiger partial charge in [0.2, 0.25) is 5.91 Å². The third-order valence-electron chi connectivity index (χ3n) is 7.37. The summed E-state index contributed by atoms with van der Waals surface area (Å²) in [4.78, 5) is 45.0. The highest BCUT2D eigenvalue weighted by molar-refractivity contribution is 8.03. The third kappa shape index (κ3) is 5.06. The molecule has 0 fully saturated rings. The molecule has 2 aliphatic heterocycles. The van der Waals surface area contributed by atoms with Crippen LogP contribution in [0.2, 0.25) is 0 Å². The first-order chi connectivity index (χ1) is 19.7. The Hall–Kier alpha value is -3.90. The molecule has 0 radical (unpaired) electrons. The standard InChI is InChI=1S/C29H29N5O5S2/c1-19-22-18-21(40-25-11-5-10-23(31-19)34(22)25)12-13-24(35)30-14-6-15-32-27(36)26(20-8-3-2-4-9-20)28-33(29(32)37)16-7-17-41(28,38)39/h2-5,8-11,18H,6-7,12-17H2,1H3,(H,30,35). The van der Waals surface area contributed by atoms with E-state index in [9.17, 15) is 22.8 Å². The van der Waals surface area contributed by atoms with Gasteiger partial charge in [-0.2, -0.15) is 0 Å². The van der Waals surface area contributed by atoms with E-state index in [4.69, 9.17) is 0 Å². The van der Waals surface area contributed by atoms with Crippen LogP contribution in [0.25, 0.3) is 22.9 Å². The van der Waals surface area contributed by atoms with Gasteiger partial charge in [0.05, 0.1) is 27.7 Å². The lowest BCUT2D eigenvalue weighted by Crippen LogP contribution is -2.45. The molecule has 2 aliphatic rings. The van der Waals surface area contributed by atoms with E-state index in [0.29, 0.717) is 31.2 Å². The second kappa shape index (κ2) is 10.8. The second-order valence-electron chi connectivity index (χ2n) is 10.2. The van der Waals surface area contributed by atoms with Crippen LogP contribution in [0.3, 0.4) is 0 Å². The van der Waals surface area contributed by atoms with Crippen LogP contribution in [0.15, 0.2) is 73.1 Å². The lowest BCUT2D eigenvalue weighted by Gasteiger charge is -2.23. The number of amides is 1. The molecule has 10 nitrogen and oxygen atoms in total. The first-order valence-corrected chi connectivity index (χ1v) is 16.0. The quantitative estimate of drug-likeness (QED) is 0.246. The summed E-state index contributed by atoms with van der Waals surface area (Å²) in [6, 6.07) is 14.6. The van der Waals surface area contributed by atoms with Gasteiger partial charge in [0.1, 0.15) is 5.65 Å². The number of fused-ring (bicyclic) bond motifs is 1. The first-order valence-electron chi connectivity index (χ1n) is 13.5. The van der Waals surface area contributed by atoms with Gasteiger partial charge in [-0.25, -0.2) is 18.2 Å². The third-order valence-corrected chi connectivity index (χ3v) is 10.3. The van der Waals surface area contributed by atoms with Crippen LogP contribution in [-0.2, 0) is 27.7 Å². The number of hydrogen-bond donors (Lipinski definition) is 1. The number of allylic oxidation sites excluding steroid dienone is 1. The second-order valence-corrected chi connectivity index (χ2v) is 13.3. The number of benzene rings is 1. The summed E-state index contributed by atoms with van der Waals surface area (Å²) in [5.41, 5.74) is 2.11. The number of aryl methyl sites for hydroxylation is 1. The molecule has 212 valence electrons. The highest BCUT2D eigenvalue weighted by atomic mass is 32.2. The van der Waals surface area contributed by atoms with E-state index in [-0.39, 0.29) is 41.9 Å². The van der Waals surface area contributed by atoms with Gasteiger partial charge in [0.15, 0.2) is 14.9 Å². The van der Waals surface area contributed by atoms with E-state index in [2.05, 4.69) is 20.8 Å². The topological polar surface area (TPSA) is 125 Å². The number of aromatic nitrogens is 4. The molecule has 12 heteroatoms. The maximum Gasteiger partial charge on any atom is 0.332 e. The molecule has 0 aliphatic carbocycles. The molecule has 6 rings (SSSR count). The number of hydrogen-bond acceptors (Lipinski definition) is 7. The van der Waals surface area contributed by atoms with Crippen molar-refractivity contribution >= 4 is 39.2 Å². The number of rotatable bonds is 8. The van der Waals surface area contributed by atoms with Crippen molar-refractivity contribution in [3.8, 4) is 11.1 Å². The van der Waals surface area contributed by atoms with Gasteiger partial charge in [-0.05, 0) is 54.9 Å². The molecule has 0 unspecified atom stereocenters. The SMILES string of the molecule is Cc1nc2cccc3n2c1C=C(CCC(=O)NCCCn1c(=O)c(-c2ccccc2)c2n(c1=O)CCCS2(=O)=O)S3. The predicted octanol–water partition coefficient (Wildman–Crippen LogP) is 3.24. The zero-order valence-corrected chi connectivity index (χ0v) is 24.1. The van der Waals surface area contributed by atoms with E-state index >= 15 is 0 Å². The van der Waals surface area contributed by atoms with Crippen LogP contribution in [-0.4, -0.2) is 45.1 Å². The lowest BCUT2D eigenvalue weighted by atomic mass is 10.1. The van der Waals surface area contributed by atoms with Crippen molar-refractivity contribution in [1.29, 1.82) is 0 Å². The first kappa shape index (κ1) is 27.3. The van der Waals surface area contributed by atoms with Crippen molar-refractivity contribution in [1.82, 2.24) is 23.8 Å². The number of carbonyl (C=O) groups is 1. The Labute approximate surface area is 240 Å². The van der Waals surface area contributed by atoms with Crippen LogP contribution in [0.1, 0.15) is 37.1 Å². The molecular weight excluding hydrogens is 562 g/mol. The average Bonchev–Trinajstić information content (AvgIpc) is 3.28. The van der Waals surface area contributed by atoms with Gasteiger partial charge in [0, 0.05) is 26.1 Å². The Kier molecular flexibility index (Phi) is 7.20. The number of sulfone groups is 1. The van der Waals surface area contributed by atoms with Crippen molar-refractivity contribution in [2.75, 3.05) is 12.3 Å². The number of nitrogens with zero attached hydrogens (tertiary/aromatic N) is 4. The molecule has 0 bridgehead atoms. The molecule has 1 aromatic carbocycles. The molecule has 4 aromatic rings. The number of thioether (sulfide) groups is 1. The van der Waals surface area contributed by atoms with Gasteiger partial charge in [0.25, 0.3) is 5.56 Å². The Morgan fingerprint density at radius 3 is 2.71 bits per heavy atom. The average molecular weight is 592 g/mol. The van der Waals surface area contributed by atoms with Crippen molar-refractivity contribution < 1.29 is 13.2 Å². The molecule has 41 heavy (non-hydrogen) atoms. The summed E-state index contributed by atoms with van der Waals surface area (Å²) >= 11 is 1.63. The number of imidazole rings is 1. The van der Waals surface area contributed by atoms with Crippen LogP contribution in [0.4, 0.5) is 0 Å². The number of pyridine rings is 1. The smallest absolute Gasteiger partial charge is 0.332 e. The van der Waals surface area contributed by atoms with Gasteiger partial charge >= 0.3 is 5.69 Å². The Morgan fingerprint density at radius 2 is 1.90 bits per heavy atom. The fraction of sp³-hybridized carbons (Fsp3) is 0.310. The van der Waals surface area contributed by atoms with Gasteiger partial charge in [-0.1, -0.05) is 48.2 Å². The molecule has 1 amide bonds. The minimum Gasteiger partial charge on any atom is -0.356 e. The highest BCUT2D eigenvalue weighted by Crippen LogP contribution is 2.37. The molecule has 0 atom stereocenters. The largest absolute Gasteiger partial charge is 0.356 e. The number of nitrogens with one attached hydrogen (secondary N) is 1. The normalized spacial score (nSPS) is 15.4. The summed E-state index contributed by atoms with van der Waals surface area (Å²) in [5.74, 6) is -0.220. The zero-order chi connectivity index (χ0) is 28.7. The van der Waals surface area contributed by atoms with E-state index in [1.165, 1.54) is 4.57 Å². The van der Waals surface area contributed by atoms with Crippen molar-refractivity contribution in [3.63, 3.8) is 0 Å². The Morgan fingerprint density at radius 1 is 1.10 bits per heavy atom. The van der Waals surface area contributed by atoms with Crippen LogP contribution < -0.4 is 16.6 Å². The van der Waals surface area contributed by atoms with Crippen molar-refractivity contribution in [2.45, 2.75) is 55.7 Å². The van der Waals surface area contributed by atoms with E-state index < -0.39 is 21.1 Å². The van der Waals surface area contributed by atoms with Gasteiger partial charge < -0.3 is 5.32 Å². The molecule has 1 N–H and O–H groups in total. The maximum absolute atomic E-state index is 13.5. The summed E-state index contributed by atoms with van der Waals surface area (Å²) in [5, 5.41) is 3.76. The summed E-state index contributed by atoms with van der Waals surface area (Å²) in [6.45, 7) is 2.55. The van der Waals surface area contributed by atoms with Gasteiger partial charge in [-0.3, -0.25) is 23.1 Å². The van der Waals surface area contributed by atoms with E-state index in [0.717, 1.165) is 31.5 Å². The monoisotopic (exact) mass is 591 g/mol. The fourth-order valence-corrected chi connectivity index (χ4v) is 8.23. The van der Waals surface area contributed by atoms with Crippen molar-refractivity contribution in [2.24, 2.45) is 0 Å². The maximum atomic E-state index is 13.5. The zero-order valence-electron chi connectivity index (χ0n) is 22.5.